The molecule has 0 spiro atoms. The van der Waals surface area contributed by atoms with Crippen LogP contribution in [0.2, 0.25) is 0 Å². The molecule has 43 heavy (non-hydrogen) atoms. The van der Waals surface area contributed by atoms with E-state index in [4.69, 9.17) is 15.1 Å². The number of imidazole rings is 1. The summed E-state index contributed by atoms with van der Waals surface area (Å²) in [5.41, 5.74) is 7.86. The smallest absolute Gasteiger partial charge is 0.382 e. The third kappa shape index (κ3) is 7.66. The van der Waals surface area contributed by atoms with Crippen molar-refractivity contribution in [1.29, 1.82) is 0 Å². The average molecular weight is 606 g/mol. The molecule has 3 unspecified atom stereocenters. The molecule has 0 saturated carbocycles. The molecule has 2 aromatic heterocycles. The van der Waals surface area contributed by atoms with Gasteiger partial charge in [0, 0.05) is 12.3 Å². The summed E-state index contributed by atoms with van der Waals surface area (Å²) >= 11 is 0. The van der Waals surface area contributed by atoms with Crippen molar-refractivity contribution < 1.29 is 23.6 Å². The number of hydrogen-bond donors (Lipinski definition) is 3. The van der Waals surface area contributed by atoms with E-state index in [1.54, 1.807) is 6.33 Å². The maximum absolute atomic E-state index is 13.7. The minimum Gasteiger partial charge on any atom is -0.382 e. The standard InChI is InChI=1S/C30H36N7O5P/c1-30(2,3)42-37(23-12-8-5-9-13-23)25(17-21-10-6-4-7-11-21)29(38)35-43(39,40)41-18-22-14-15-24(16-22)36-20-34-26-27(31)32-19-33-28(26)36/h4-15,19-20,22,24-25H,16-18H2,1-3H3,(H2,31,32,33)(H2,35,38,39,40)/t22?,24?,25-/m0/s1. The van der Waals surface area contributed by atoms with Gasteiger partial charge in [-0.05, 0) is 44.9 Å². The average Bonchev–Trinajstić information content (AvgIpc) is 3.62. The summed E-state index contributed by atoms with van der Waals surface area (Å²) in [6.07, 6.45) is 7.71. The predicted molar refractivity (Wildman–Crippen MR) is 164 cm³/mol. The second-order valence-electron chi connectivity index (χ2n) is 11.4. The largest absolute Gasteiger partial charge is 0.432 e. The monoisotopic (exact) mass is 605 g/mol. The first-order valence-electron chi connectivity index (χ1n) is 14.0. The maximum atomic E-state index is 13.7. The van der Waals surface area contributed by atoms with Crippen molar-refractivity contribution in [2.45, 2.75) is 51.3 Å². The van der Waals surface area contributed by atoms with Gasteiger partial charge in [0.25, 0.3) is 5.91 Å². The van der Waals surface area contributed by atoms with E-state index >= 15 is 0 Å². The minimum absolute atomic E-state index is 0.0744. The molecule has 1 aliphatic carbocycles. The zero-order valence-electron chi connectivity index (χ0n) is 24.3. The highest BCUT2D eigenvalue weighted by atomic mass is 31.2. The first-order chi connectivity index (χ1) is 20.5. The van der Waals surface area contributed by atoms with Gasteiger partial charge in [-0.25, -0.2) is 24.6 Å². The molecule has 13 heteroatoms. The lowest BCUT2D eigenvalue weighted by molar-refractivity contribution is -0.125. The molecule has 2 heterocycles. The third-order valence-corrected chi connectivity index (χ3v) is 7.85. The number of carbonyl (C=O) groups excluding carboxylic acids is 1. The van der Waals surface area contributed by atoms with E-state index in [-0.39, 0.29) is 25.0 Å². The van der Waals surface area contributed by atoms with Gasteiger partial charge < -0.3 is 15.2 Å². The van der Waals surface area contributed by atoms with Crippen molar-refractivity contribution in [1.82, 2.24) is 24.6 Å². The van der Waals surface area contributed by atoms with E-state index < -0.39 is 25.3 Å². The minimum atomic E-state index is -4.54. The normalized spacial score (nSPS) is 18.8. The number of nitrogen functional groups attached to an aromatic ring is 1. The van der Waals surface area contributed by atoms with Gasteiger partial charge in [0.05, 0.1) is 30.3 Å². The molecule has 0 aliphatic heterocycles. The molecule has 2 aromatic carbocycles. The highest BCUT2D eigenvalue weighted by Crippen LogP contribution is 2.40. The number of anilines is 2. The number of para-hydroxylation sites is 1. The van der Waals surface area contributed by atoms with E-state index in [0.29, 0.717) is 29.1 Å². The van der Waals surface area contributed by atoms with Gasteiger partial charge in [0.2, 0.25) is 0 Å². The number of nitrogens with zero attached hydrogens (tertiary/aromatic N) is 5. The van der Waals surface area contributed by atoms with Gasteiger partial charge in [-0.2, -0.15) is 0 Å². The van der Waals surface area contributed by atoms with Crippen LogP contribution in [0.3, 0.4) is 0 Å². The molecule has 0 radical (unpaired) electrons. The van der Waals surface area contributed by atoms with Crippen molar-refractivity contribution >= 4 is 36.3 Å². The lowest BCUT2D eigenvalue weighted by Crippen LogP contribution is -2.50. The van der Waals surface area contributed by atoms with E-state index in [1.807, 2.05) is 98.2 Å². The zero-order valence-corrected chi connectivity index (χ0v) is 25.2. The molecular weight excluding hydrogens is 569 g/mol. The SMILES string of the molecule is CC(C)(C)ON(c1ccccc1)[C@@H](Cc1ccccc1)C(=O)NP(=O)(O)OCC1C=CC(n2cnc3c(N)ncnc32)C1. The molecule has 0 fully saturated rings. The Morgan fingerprint density at radius 2 is 1.81 bits per heavy atom. The molecule has 4 N–H and O–H groups in total. The van der Waals surface area contributed by atoms with Crippen molar-refractivity contribution in [2.24, 2.45) is 5.92 Å². The number of aromatic nitrogens is 4. The van der Waals surface area contributed by atoms with Gasteiger partial charge in [0.1, 0.15) is 17.9 Å². The van der Waals surface area contributed by atoms with Crippen LogP contribution in [-0.4, -0.2) is 48.6 Å². The predicted octanol–water partition coefficient (Wildman–Crippen LogP) is 4.61. The van der Waals surface area contributed by atoms with Crippen LogP contribution < -0.4 is 15.9 Å². The van der Waals surface area contributed by atoms with Gasteiger partial charge >= 0.3 is 7.75 Å². The van der Waals surface area contributed by atoms with Crippen LogP contribution in [0, 0.1) is 5.92 Å². The Hall–Kier alpha value is -4.09. The molecule has 12 nitrogen and oxygen atoms in total. The fourth-order valence-electron chi connectivity index (χ4n) is 4.92. The Balaban J connectivity index is 1.28. The van der Waals surface area contributed by atoms with E-state index in [9.17, 15) is 14.3 Å². The maximum Gasteiger partial charge on any atom is 0.432 e. The number of nitrogens with two attached hydrogens (primary N) is 1. The first-order valence-corrected chi connectivity index (χ1v) is 15.5. The third-order valence-electron chi connectivity index (χ3n) is 6.85. The van der Waals surface area contributed by atoms with Gasteiger partial charge in [-0.3, -0.25) is 19.2 Å². The number of benzene rings is 2. The number of carbonyl (C=O) groups is 1. The van der Waals surface area contributed by atoms with Crippen molar-refractivity contribution in [2.75, 3.05) is 17.4 Å². The number of amides is 1. The number of nitrogens with one attached hydrogen (secondary N) is 1. The van der Waals surface area contributed by atoms with Gasteiger partial charge in [-0.15, -0.1) is 0 Å². The number of hydrogen-bond acceptors (Lipinski definition) is 9. The fourth-order valence-corrected chi connectivity index (χ4v) is 5.81. The molecule has 1 amide bonds. The Morgan fingerprint density at radius 1 is 1.12 bits per heavy atom. The molecule has 5 rings (SSSR count). The van der Waals surface area contributed by atoms with Crippen LogP contribution in [0.15, 0.2) is 85.5 Å². The number of rotatable bonds is 11. The molecule has 4 aromatic rings. The number of hydroxylamine groups is 1. The lowest BCUT2D eigenvalue weighted by Gasteiger charge is -2.37. The molecule has 0 bridgehead atoms. The van der Waals surface area contributed by atoms with Gasteiger partial charge in [0.15, 0.2) is 11.5 Å². The number of allylic oxidation sites excluding steroid dienone is 1. The highest BCUT2D eigenvalue weighted by Gasteiger charge is 2.36. The molecule has 226 valence electrons. The van der Waals surface area contributed by atoms with Crippen LogP contribution in [0.5, 0.6) is 0 Å². The molecule has 4 atom stereocenters. The summed E-state index contributed by atoms with van der Waals surface area (Å²) in [5, 5.41) is 3.76. The Kier molecular flexibility index (Phi) is 8.93. The fraction of sp³-hybridized carbons (Fsp3) is 0.333. The summed E-state index contributed by atoms with van der Waals surface area (Å²) in [4.78, 5) is 43.3. The summed E-state index contributed by atoms with van der Waals surface area (Å²) in [7, 11) is -4.54. The quantitative estimate of drug-likeness (QED) is 0.125. The summed E-state index contributed by atoms with van der Waals surface area (Å²) in [6, 6.07) is 17.5. The van der Waals surface area contributed by atoms with Crippen molar-refractivity contribution in [3.05, 3.63) is 91.0 Å². The summed E-state index contributed by atoms with van der Waals surface area (Å²) < 4.78 is 20.5. The van der Waals surface area contributed by atoms with Crippen molar-refractivity contribution in [3.63, 3.8) is 0 Å². The molecule has 1 aliphatic rings. The Morgan fingerprint density at radius 3 is 2.51 bits per heavy atom. The van der Waals surface area contributed by atoms with Crippen LogP contribution in [0.1, 0.15) is 38.8 Å². The summed E-state index contributed by atoms with van der Waals surface area (Å²) in [6.45, 7) is 5.54. The molecule has 0 saturated heterocycles. The second kappa shape index (κ2) is 12.6. The first kappa shape index (κ1) is 30.4. The second-order valence-corrected chi connectivity index (χ2v) is 12.9. The topological polar surface area (TPSA) is 158 Å². The van der Waals surface area contributed by atoms with Crippen LogP contribution in [-0.2, 0) is 25.1 Å². The van der Waals surface area contributed by atoms with Gasteiger partial charge in [-0.1, -0.05) is 60.7 Å². The van der Waals surface area contributed by atoms with Crippen LogP contribution in [0.25, 0.3) is 11.2 Å². The highest BCUT2D eigenvalue weighted by molar-refractivity contribution is 7.51. The van der Waals surface area contributed by atoms with Crippen LogP contribution >= 0.6 is 7.75 Å². The van der Waals surface area contributed by atoms with Crippen LogP contribution in [0.4, 0.5) is 11.5 Å². The Bertz CT molecular complexity index is 1620. The van der Waals surface area contributed by atoms with E-state index in [1.165, 1.54) is 11.4 Å². The Labute approximate surface area is 250 Å². The van der Waals surface area contributed by atoms with E-state index in [2.05, 4.69) is 20.0 Å². The van der Waals surface area contributed by atoms with E-state index in [0.717, 1.165) is 5.56 Å². The van der Waals surface area contributed by atoms with Crippen molar-refractivity contribution in [3.8, 4) is 0 Å². The molecular formula is C30H36N7O5P. The number of fused-ring (bicyclic) bond motifs is 1. The zero-order chi connectivity index (χ0) is 30.6. The lowest BCUT2D eigenvalue weighted by atomic mass is 10.0. The summed E-state index contributed by atoms with van der Waals surface area (Å²) in [5.74, 6) is -0.583.